The Bertz CT molecular complexity index is 770. The van der Waals surface area contributed by atoms with Crippen LogP contribution in [0.4, 0.5) is 0 Å². The summed E-state index contributed by atoms with van der Waals surface area (Å²) in [4.78, 5) is 26.0. The van der Waals surface area contributed by atoms with Crippen molar-refractivity contribution in [2.45, 2.75) is 18.9 Å². The lowest BCUT2D eigenvalue weighted by Crippen LogP contribution is -2.40. The third-order valence-electron chi connectivity index (χ3n) is 4.02. The number of benzene rings is 1. The van der Waals surface area contributed by atoms with Crippen molar-refractivity contribution in [1.29, 1.82) is 0 Å². The third kappa shape index (κ3) is 2.53. The van der Waals surface area contributed by atoms with Crippen LogP contribution < -0.4 is 14.8 Å². The normalized spacial score (nSPS) is 23.9. The van der Waals surface area contributed by atoms with Gasteiger partial charge in [0, 0.05) is 6.61 Å². The van der Waals surface area contributed by atoms with E-state index in [4.69, 9.17) is 26.4 Å². The zero-order valence-electron chi connectivity index (χ0n) is 12.6. The van der Waals surface area contributed by atoms with Crippen LogP contribution in [0.3, 0.4) is 0 Å². The molecule has 1 aromatic carbocycles. The lowest BCUT2D eigenvalue weighted by molar-refractivity contribution is -0.135. The predicted octanol–water partition coefficient (Wildman–Crippen LogP) is 1.18. The molecule has 0 aliphatic carbocycles. The van der Waals surface area contributed by atoms with E-state index in [-0.39, 0.29) is 23.5 Å². The summed E-state index contributed by atoms with van der Waals surface area (Å²) in [7, 11) is 0. The molecule has 0 aromatic heterocycles. The van der Waals surface area contributed by atoms with Crippen molar-refractivity contribution >= 4 is 35.2 Å². The molecule has 1 atom stereocenters. The van der Waals surface area contributed by atoms with Crippen molar-refractivity contribution in [3.8, 4) is 11.5 Å². The van der Waals surface area contributed by atoms with Gasteiger partial charge in [-0.1, -0.05) is 6.07 Å². The van der Waals surface area contributed by atoms with Gasteiger partial charge in [0.25, 0.3) is 11.8 Å². The molecule has 8 heteroatoms. The average molecular weight is 346 g/mol. The van der Waals surface area contributed by atoms with Crippen LogP contribution >= 0.6 is 12.2 Å². The van der Waals surface area contributed by atoms with Crippen molar-refractivity contribution < 1.29 is 23.8 Å². The first-order chi connectivity index (χ1) is 11.6. The number of nitrogens with one attached hydrogen (secondary N) is 1. The minimum absolute atomic E-state index is 0.0764. The highest BCUT2D eigenvalue weighted by molar-refractivity contribution is 7.80. The van der Waals surface area contributed by atoms with Gasteiger partial charge < -0.3 is 14.2 Å². The Balaban J connectivity index is 1.67. The Morgan fingerprint density at radius 3 is 2.96 bits per heavy atom. The molecule has 0 radical (unpaired) electrons. The zero-order chi connectivity index (χ0) is 16.7. The van der Waals surface area contributed by atoms with Crippen molar-refractivity contribution in [2.75, 3.05) is 13.4 Å². The quantitative estimate of drug-likeness (QED) is 0.640. The Kier molecular flexibility index (Phi) is 3.70. The van der Waals surface area contributed by atoms with Gasteiger partial charge in [-0.2, -0.15) is 0 Å². The number of ether oxygens (including phenoxy) is 3. The number of amides is 2. The zero-order valence-corrected chi connectivity index (χ0v) is 13.4. The molecule has 2 amide bonds. The number of carbonyl (C=O) groups excluding carboxylic acids is 2. The largest absolute Gasteiger partial charge is 0.454 e. The van der Waals surface area contributed by atoms with Gasteiger partial charge in [-0.25, -0.2) is 4.90 Å². The Hall–Kier alpha value is -2.45. The molecular formula is C16H14N2O5S. The lowest BCUT2D eigenvalue weighted by atomic mass is 10.1. The molecule has 0 saturated carbocycles. The van der Waals surface area contributed by atoms with Crippen LogP contribution in [0, 0.1) is 0 Å². The molecule has 7 nitrogen and oxygen atoms in total. The maximum Gasteiger partial charge on any atom is 0.274 e. The number of thiocarbonyl (C=S) groups is 1. The van der Waals surface area contributed by atoms with E-state index >= 15 is 0 Å². The molecule has 0 bridgehead atoms. The summed E-state index contributed by atoms with van der Waals surface area (Å²) in [6.07, 6.45) is 2.49. The number of hydrogen-bond donors (Lipinski definition) is 1. The molecule has 1 aromatic rings. The molecular weight excluding hydrogens is 332 g/mol. The first-order valence-electron chi connectivity index (χ1n) is 7.56. The predicted molar refractivity (Wildman–Crippen MR) is 87.1 cm³/mol. The summed E-state index contributed by atoms with van der Waals surface area (Å²) in [5.41, 5.74) is 0.888. The summed E-state index contributed by atoms with van der Waals surface area (Å²) in [5.74, 6) is 0.519. The first kappa shape index (κ1) is 15.1. The molecule has 24 heavy (non-hydrogen) atoms. The molecule has 4 rings (SSSR count). The summed E-state index contributed by atoms with van der Waals surface area (Å²) in [5, 5.41) is 2.59. The minimum Gasteiger partial charge on any atom is -0.454 e. The number of nitrogens with zero attached hydrogens (tertiary/aromatic N) is 1. The standard InChI is InChI=1S/C16H14N2O5S/c19-14-10(6-9-3-4-11-13(7-9)23-8-22-11)18(16(24)17-14)15(20)12-2-1-5-21-12/h3-4,6-7,12H,1-2,5,8H2,(H,17,19,24)/b10-6+. The van der Waals surface area contributed by atoms with Crippen molar-refractivity contribution in [1.82, 2.24) is 10.2 Å². The molecule has 1 unspecified atom stereocenters. The van der Waals surface area contributed by atoms with Crippen LogP contribution in [-0.4, -0.2) is 41.3 Å². The van der Waals surface area contributed by atoms with Crippen molar-refractivity contribution in [2.24, 2.45) is 0 Å². The minimum atomic E-state index is -0.559. The van der Waals surface area contributed by atoms with E-state index < -0.39 is 12.0 Å². The van der Waals surface area contributed by atoms with E-state index in [1.54, 1.807) is 24.3 Å². The molecule has 3 aliphatic heterocycles. The molecule has 0 spiro atoms. The monoisotopic (exact) mass is 346 g/mol. The van der Waals surface area contributed by atoms with Gasteiger partial charge in [0.1, 0.15) is 11.8 Å². The Morgan fingerprint density at radius 1 is 1.33 bits per heavy atom. The highest BCUT2D eigenvalue weighted by Crippen LogP contribution is 2.33. The Labute approximate surface area is 143 Å². The van der Waals surface area contributed by atoms with Crippen LogP contribution in [0.2, 0.25) is 0 Å². The highest BCUT2D eigenvalue weighted by atomic mass is 32.1. The number of hydrogen-bond acceptors (Lipinski definition) is 6. The van der Waals surface area contributed by atoms with Gasteiger partial charge in [-0.3, -0.25) is 14.9 Å². The van der Waals surface area contributed by atoms with E-state index in [0.29, 0.717) is 30.1 Å². The topological polar surface area (TPSA) is 77.1 Å². The molecule has 2 fully saturated rings. The molecule has 1 N–H and O–H groups in total. The second kappa shape index (κ2) is 5.88. The van der Waals surface area contributed by atoms with Gasteiger partial charge in [-0.05, 0) is 48.8 Å². The van der Waals surface area contributed by atoms with Crippen LogP contribution in [0.1, 0.15) is 18.4 Å². The van der Waals surface area contributed by atoms with Gasteiger partial charge in [0.15, 0.2) is 16.6 Å². The first-order valence-corrected chi connectivity index (χ1v) is 7.96. The highest BCUT2D eigenvalue weighted by Gasteiger charge is 2.39. The molecule has 124 valence electrons. The second-order valence-electron chi connectivity index (χ2n) is 5.58. The number of fused-ring (bicyclic) bond motifs is 1. The molecule has 3 heterocycles. The summed E-state index contributed by atoms with van der Waals surface area (Å²) in [6, 6.07) is 5.29. The van der Waals surface area contributed by atoms with E-state index in [0.717, 1.165) is 6.42 Å². The van der Waals surface area contributed by atoms with Crippen LogP contribution in [0.5, 0.6) is 11.5 Å². The van der Waals surface area contributed by atoms with Gasteiger partial charge in [-0.15, -0.1) is 0 Å². The lowest BCUT2D eigenvalue weighted by Gasteiger charge is -2.19. The third-order valence-corrected chi connectivity index (χ3v) is 4.31. The van der Waals surface area contributed by atoms with Crippen molar-refractivity contribution in [3.05, 3.63) is 29.5 Å². The number of rotatable bonds is 2. The Morgan fingerprint density at radius 2 is 2.17 bits per heavy atom. The van der Waals surface area contributed by atoms with E-state index in [1.165, 1.54) is 4.90 Å². The van der Waals surface area contributed by atoms with E-state index in [9.17, 15) is 9.59 Å². The van der Waals surface area contributed by atoms with Crippen LogP contribution in [0.15, 0.2) is 23.9 Å². The van der Waals surface area contributed by atoms with Gasteiger partial charge >= 0.3 is 0 Å². The fourth-order valence-corrected chi connectivity index (χ4v) is 3.14. The average Bonchev–Trinajstić information content (AvgIpc) is 3.28. The summed E-state index contributed by atoms with van der Waals surface area (Å²) >= 11 is 5.13. The van der Waals surface area contributed by atoms with Gasteiger partial charge in [0.2, 0.25) is 6.79 Å². The fourth-order valence-electron chi connectivity index (χ4n) is 2.85. The smallest absolute Gasteiger partial charge is 0.274 e. The fraction of sp³-hybridized carbons (Fsp3) is 0.312. The van der Waals surface area contributed by atoms with E-state index in [1.807, 2.05) is 0 Å². The van der Waals surface area contributed by atoms with Gasteiger partial charge in [0.05, 0.1) is 0 Å². The van der Waals surface area contributed by atoms with Crippen molar-refractivity contribution in [3.63, 3.8) is 0 Å². The van der Waals surface area contributed by atoms with E-state index in [2.05, 4.69) is 5.32 Å². The molecule has 3 aliphatic rings. The maximum atomic E-state index is 12.6. The molecule has 2 saturated heterocycles. The number of carbonyl (C=O) groups is 2. The maximum absolute atomic E-state index is 12.6. The SMILES string of the molecule is O=C1NC(=S)N(C(=O)C2CCCO2)/C1=C/c1ccc2c(c1)OCO2. The summed E-state index contributed by atoms with van der Waals surface area (Å²) in [6.45, 7) is 0.711. The van der Waals surface area contributed by atoms with Crippen LogP contribution in [0.25, 0.3) is 6.08 Å². The van der Waals surface area contributed by atoms with Crippen LogP contribution in [-0.2, 0) is 14.3 Å². The second-order valence-corrected chi connectivity index (χ2v) is 5.96. The summed E-state index contributed by atoms with van der Waals surface area (Å²) < 4.78 is 16.0.